The van der Waals surface area contributed by atoms with E-state index in [9.17, 15) is 9.18 Å². The largest absolute Gasteiger partial charge is 0.399 e. The number of amides is 1. The molecular formula is C16H17FN2O. The van der Waals surface area contributed by atoms with Crippen LogP contribution in [0.25, 0.3) is 0 Å². The zero-order chi connectivity index (χ0) is 14.7. The third kappa shape index (κ3) is 2.96. The van der Waals surface area contributed by atoms with Gasteiger partial charge in [0.05, 0.1) is 0 Å². The van der Waals surface area contributed by atoms with Gasteiger partial charge < -0.3 is 11.1 Å². The molecule has 3 N–H and O–H groups in total. The Balaban J connectivity index is 2.08. The molecule has 0 radical (unpaired) electrons. The van der Waals surface area contributed by atoms with Gasteiger partial charge in [-0.15, -0.1) is 0 Å². The van der Waals surface area contributed by atoms with Gasteiger partial charge in [0.15, 0.2) is 0 Å². The first-order valence-corrected chi connectivity index (χ1v) is 6.37. The molecular weight excluding hydrogens is 255 g/mol. The Hall–Kier alpha value is -2.36. The Labute approximate surface area is 117 Å². The van der Waals surface area contributed by atoms with E-state index in [-0.39, 0.29) is 11.7 Å². The van der Waals surface area contributed by atoms with Crippen LogP contribution in [0.3, 0.4) is 0 Å². The van der Waals surface area contributed by atoms with Crippen LogP contribution in [0.4, 0.5) is 10.1 Å². The summed E-state index contributed by atoms with van der Waals surface area (Å²) < 4.78 is 13.2. The minimum atomic E-state index is -0.312. The third-order valence-electron chi connectivity index (χ3n) is 3.35. The molecule has 104 valence electrons. The molecule has 0 aliphatic heterocycles. The van der Waals surface area contributed by atoms with E-state index in [1.165, 1.54) is 18.2 Å². The highest BCUT2D eigenvalue weighted by molar-refractivity contribution is 5.94. The maximum Gasteiger partial charge on any atom is 0.251 e. The van der Waals surface area contributed by atoms with E-state index < -0.39 is 0 Å². The first kappa shape index (κ1) is 14.1. The number of nitrogen functional groups attached to an aromatic ring is 1. The number of aryl methyl sites for hydroxylation is 1. The molecule has 0 atom stereocenters. The average Bonchev–Trinajstić information content (AvgIpc) is 2.43. The molecule has 0 fully saturated rings. The highest BCUT2D eigenvalue weighted by Crippen LogP contribution is 2.15. The van der Waals surface area contributed by atoms with Crippen LogP contribution in [-0.4, -0.2) is 5.91 Å². The van der Waals surface area contributed by atoms with Crippen molar-refractivity contribution in [3.63, 3.8) is 0 Å². The molecule has 0 unspecified atom stereocenters. The molecule has 20 heavy (non-hydrogen) atoms. The number of anilines is 1. The average molecular weight is 272 g/mol. The van der Waals surface area contributed by atoms with Gasteiger partial charge in [-0.1, -0.05) is 12.1 Å². The Morgan fingerprint density at radius 3 is 2.70 bits per heavy atom. The minimum absolute atomic E-state index is 0.227. The summed E-state index contributed by atoms with van der Waals surface area (Å²) in [5, 5.41) is 2.81. The van der Waals surface area contributed by atoms with E-state index in [1.807, 2.05) is 25.1 Å². The molecule has 0 aliphatic rings. The summed E-state index contributed by atoms with van der Waals surface area (Å²) in [7, 11) is 0. The second-order valence-electron chi connectivity index (χ2n) is 4.78. The lowest BCUT2D eigenvalue weighted by Crippen LogP contribution is -2.23. The summed E-state index contributed by atoms with van der Waals surface area (Å²) >= 11 is 0. The van der Waals surface area contributed by atoms with E-state index in [0.29, 0.717) is 23.4 Å². The van der Waals surface area contributed by atoms with Crippen LogP contribution >= 0.6 is 0 Å². The first-order valence-electron chi connectivity index (χ1n) is 6.37. The summed E-state index contributed by atoms with van der Waals surface area (Å²) in [4.78, 5) is 12.0. The molecule has 2 rings (SSSR count). The number of carbonyl (C=O) groups excluding carboxylic acids is 1. The van der Waals surface area contributed by atoms with Crippen LogP contribution < -0.4 is 11.1 Å². The number of carbonyl (C=O) groups is 1. The number of hydrogen-bond acceptors (Lipinski definition) is 2. The van der Waals surface area contributed by atoms with Crippen LogP contribution in [0.1, 0.15) is 27.0 Å². The SMILES string of the molecule is Cc1cc(C(=O)NCc2cccc(N)c2C)ccc1F. The lowest BCUT2D eigenvalue weighted by atomic mass is 10.1. The summed E-state index contributed by atoms with van der Waals surface area (Å²) in [5.74, 6) is -0.539. The van der Waals surface area contributed by atoms with Gasteiger partial charge >= 0.3 is 0 Å². The maximum atomic E-state index is 13.2. The Kier molecular flexibility index (Phi) is 4.03. The summed E-state index contributed by atoms with van der Waals surface area (Å²) in [6.07, 6.45) is 0. The van der Waals surface area contributed by atoms with E-state index in [2.05, 4.69) is 5.32 Å². The van der Waals surface area contributed by atoms with Crippen LogP contribution in [0.2, 0.25) is 0 Å². The number of nitrogens with two attached hydrogens (primary N) is 1. The van der Waals surface area contributed by atoms with Gasteiger partial charge in [-0.3, -0.25) is 4.79 Å². The molecule has 4 heteroatoms. The molecule has 0 aromatic heterocycles. The van der Waals surface area contributed by atoms with E-state index >= 15 is 0 Å². The van der Waals surface area contributed by atoms with Crippen molar-refractivity contribution >= 4 is 11.6 Å². The molecule has 2 aromatic carbocycles. The summed E-state index contributed by atoms with van der Waals surface area (Å²) in [6.45, 7) is 3.94. The number of hydrogen-bond donors (Lipinski definition) is 2. The minimum Gasteiger partial charge on any atom is -0.399 e. The number of nitrogens with one attached hydrogen (secondary N) is 1. The zero-order valence-electron chi connectivity index (χ0n) is 11.5. The smallest absolute Gasteiger partial charge is 0.251 e. The molecule has 0 heterocycles. The van der Waals surface area contributed by atoms with E-state index in [4.69, 9.17) is 5.73 Å². The van der Waals surface area contributed by atoms with Gasteiger partial charge in [0.1, 0.15) is 5.82 Å². The summed E-state index contributed by atoms with van der Waals surface area (Å²) in [6, 6.07) is 9.91. The highest BCUT2D eigenvalue weighted by atomic mass is 19.1. The van der Waals surface area contributed by atoms with Crippen LogP contribution in [-0.2, 0) is 6.54 Å². The number of benzene rings is 2. The third-order valence-corrected chi connectivity index (χ3v) is 3.35. The normalized spacial score (nSPS) is 10.3. The zero-order valence-corrected chi connectivity index (χ0v) is 11.5. The molecule has 0 spiro atoms. The standard InChI is InChI=1S/C16H17FN2O/c1-10-8-12(6-7-14(10)17)16(20)19-9-13-4-3-5-15(18)11(13)2/h3-8H,9,18H2,1-2H3,(H,19,20). The van der Waals surface area contributed by atoms with Gasteiger partial charge in [0, 0.05) is 17.8 Å². The monoisotopic (exact) mass is 272 g/mol. The maximum absolute atomic E-state index is 13.2. The second kappa shape index (κ2) is 5.74. The van der Waals surface area contributed by atoms with Crippen molar-refractivity contribution < 1.29 is 9.18 Å². The Bertz CT molecular complexity index is 653. The predicted molar refractivity (Wildman–Crippen MR) is 77.9 cm³/mol. The second-order valence-corrected chi connectivity index (χ2v) is 4.78. The molecule has 1 amide bonds. The molecule has 0 saturated carbocycles. The fraction of sp³-hybridized carbons (Fsp3) is 0.188. The van der Waals surface area contributed by atoms with Gasteiger partial charge in [-0.25, -0.2) is 4.39 Å². The van der Waals surface area contributed by atoms with E-state index in [0.717, 1.165) is 11.1 Å². The van der Waals surface area contributed by atoms with Gasteiger partial charge in [-0.2, -0.15) is 0 Å². The molecule has 3 nitrogen and oxygen atoms in total. The van der Waals surface area contributed by atoms with Crippen LogP contribution in [0.5, 0.6) is 0 Å². The van der Waals surface area contributed by atoms with E-state index in [1.54, 1.807) is 6.92 Å². The quantitative estimate of drug-likeness (QED) is 0.844. The Morgan fingerprint density at radius 1 is 1.25 bits per heavy atom. The van der Waals surface area contributed by atoms with Crippen molar-refractivity contribution in [2.45, 2.75) is 20.4 Å². The lowest BCUT2D eigenvalue weighted by Gasteiger charge is -2.10. The molecule has 0 aliphatic carbocycles. The first-order chi connectivity index (χ1) is 9.49. The Morgan fingerprint density at radius 2 is 2.00 bits per heavy atom. The van der Waals surface area contributed by atoms with Crippen LogP contribution in [0.15, 0.2) is 36.4 Å². The molecule has 0 bridgehead atoms. The van der Waals surface area contributed by atoms with Crippen molar-refractivity contribution in [1.29, 1.82) is 0 Å². The van der Waals surface area contributed by atoms with Crippen molar-refractivity contribution in [2.75, 3.05) is 5.73 Å². The lowest BCUT2D eigenvalue weighted by molar-refractivity contribution is 0.0950. The molecule has 2 aromatic rings. The number of rotatable bonds is 3. The fourth-order valence-electron chi connectivity index (χ4n) is 1.96. The van der Waals surface area contributed by atoms with Crippen molar-refractivity contribution in [3.8, 4) is 0 Å². The fourth-order valence-corrected chi connectivity index (χ4v) is 1.96. The van der Waals surface area contributed by atoms with Crippen molar-refractivity contribution in [3.05, 3.63) is 64.5 Å². The van der Waals surface area contributed by atoms with Gasteiger partial charge in [0.25, 0.3) is 5.91 Å². The number of halogens is 1. The van der Waals surface area contributed by atoms with Gasteiger partial charge in [-0.05, 0) is 54.8 Å². The molecule has 0 saturated heterocycles. The van der Waals surface area contributed by atoms with Crippen LogP contribution in [0, 0.1) is 19.7 Å². The van der Waals surface area contributed by atoms with Crippen molar-refractivity contribution in [2.24, 2.45) is 0 Å². The topological polar surface area (TPSA) is 55.1 Å². The van der Waals surface area contributed by atoms with Crippen molar-refractivity contribution in [1.82, 2.24) is 5.32 Å². The van der Waals surface area contributed by atoms with Gasteiger partial charge in [0.2, 0.25) is 0 Å². The predicted octanol–water partition coefficient (Wildman–Crippen LogP) is 2.95. The summed E-state index contributed by atoms with van der Waals surface area (Å²) in [5.41, 5.74) is 9.36. The highest BCUT2D eigenvalue weighted by Gasteiger charge is 2.08.